The fourth-order valence-corrected chi connectivity index (χ4v) is 2.19. The molecule has 1 saturated carbocycles. The maximum absolute atomic E-state index is 11.4. The molecule has 1 rings (SSSR count). The van der Waals surface area contributed by atoms with Crippen molar-refractivity contribution >= 4 is 5.91 Å². The van der Waals surface area contributed by atoms with Gasteiger partial charge in [-0.05, 0) is 44.6 Å². The van der Waals surface area contributed by atoms with Crippen molar-refractivity contribution in [2.24, 2.45) is 11.7 Å². The van der Waals surface area contributed by atoms with E-state index in [1.807, 2.05) is 0 Å². The van der Waals surface area contributed by atoms with Crippen LogP contribution in [-0.2, 0) is 4.79 Å². The van der Waals surface area contributed by atoms with Crippen LogP contribution in [0.25, 0.3) is 0 Å². The van der Waals surface area contributed by atoms with Gasteiger partial charge in [0.15, 0.2) is 0 Å². The predicted molar refractivity (Wildman–Crippen MR) is 63.9 cm³/mol. The molecular weight excluding hydrogens is 204 g/mol. The van der Waals surface area contributed by atoms with Crippen molar-refractivity contribution in [3.05, 3.63) is 0 Å². The van der Waals surface area contributed by atoms with Crippen LogP contribution in [0, 0.1) is 5.92 Å². The molecule has 1 fully saturated rings. The number of carbonyl (C=O) groups excluding carboxylic acids is 1. The second-order valence-corrected chi connectivity index (χ2v) is 4.74. The van der Waals surface area contributed by atoms with Crippen molar-refractivity contribution < 1.29 is 9.90 Å². The third kappa shape index (κ3) is 5.47. The Kier molecular flexibility index (Phi) is 6.42. The largest absolute Gasteiger partial charge is 0.393 e. The fourth-order valence-electron chi connectivity index (χ4n) is 2.19. The number of hydrogen-bond acceptors (Lipinski definition) is 3. The Hall–Kier alpha value is -0.610. The first-order chi connectivity index (χ1) is 7.72. The van der Waals surface area contributed by atoms with Gasteiger partial charge in [0, 0.05) is 13.0 Å². The van der Waals surface area contributed by atoms with Crippen LogP contribution >= 0.6 is 0 Å². The van der Waals surface area contributed by atoms with E-state index in [4.69, 9.17) is 5.73 Å². The van der Waals surface area contributed by atoms with Gasteiger partial charge in [0.25, 0.3) is 0 Å². The average Bonchev–Trinajstić information content (AvgIpc) is 2.68. The lowest BCUT2D eigenvalue weighted by molar-refractivity contribution is -0.121. The van der Waals surface area contributed by atoms with Crippen LogP contribution in [0.2, 0.25) is 0 Å². The summed E-state index contributed by atoms with van der Waals surface area (Å²) in [5, 5.41) is 12.3. The van der Waals surface area contributed by atoms with Gasteiger partial charge in [0.2, 0.25) is 5.91 Å². The summed E-state index contributed by atoms with van der Waals surface area (Å²) in [4.78, 5) is 11.4. The summed E-state index contributed by atoms with van der Waals surface area (Å²) in [6.45, 7) is 1.44. The molecule has 1 aliphatic carbocycles. The van der Waals surface area contributed by atoms with Crippen molar-refractivity contribution in [3.63, 3.8) is 0 Å². The normalized spacial score (nSPS) is 24.6. The van der Waals surface area contributed by atoms with E-state index >= 15 is 0 Å². The topological polar surface area (TPSA) is 75.4 Å². The van der Waals surface area contributed by atoms with Gasteiger partial charge < -0.3 is 16.2 Å². The third-order valence-corrected chi connectivity index (χ3v) is 3.21. The lowest BCUT2D eigenvalue weighted by Gasteiger charge is -2.10. The van der Waals surface area contributed by atoms with Crippen LogP contribution < -0.4 is 11.1 Å². The summed E-state index contributed by atoms with van der Waals surface area (Å²) in [5.74, 6) is 0.612. The van der Waals surface area contributed by atoms with Crippen molar-refractivity contribution in [1.29, 1.82) is 0 Å². The van der Waals surface area contributed by atoms with E-state index in [2.05, 4.69) is 5.32 Å². The first-order valence-electron chi connectivity index (χ1n) is 6.37. The highest BCUT2D eigenvalue weighted by Gasteiger charge is 2.22. The summed E-state index contributed by atoms with van der Waals surface area (Å²) in [6.07, 6.45) is 6.19. The van der Waals surface area contributed by atoms with Crippen LogP contribution in [0.4, 0.5) is 0 Å². The molecule has 16 heavy (non-hydrogen) atoms. The molecule has 0 spiro atoms. The van der Waals surface area contributed by atoms with Gasteiger partial charge in [-0.3, -0.25) is 4.79 Å². The lowest BCUT2D eigenvalue weighted by atomic mass is 10.1. The zero-order chi connectivity index (χ0) is 11.8. The van der Waals surface area contributed by atoms with Crippen LogP contribution in [0.5, 0.6) is 0 Å². The van der Waals surface area contributed by atoms with Crippen molar-refractivity contribution in [2.75, 3.05) is 13.1 Å². The van der Waals surface area contributed by atoms with Gasteiger partial charge in [-0.25, -0.2) is 0 Å². The molecule has 4 heteroatoms. The zero-order valence-corrected chi connectivity index (χ0v) is 9.95. The Morgan fingerprint density at radius 3 is 2.75 bits per heavy atom. The van der Waals surface area contributed by atoms with E-state index in [-0.39, 0.29) is 12.0 Å². The molecule has 0 aromatic rings. The maximum Gasteiger partial charge on any atom is 0.220 e. The molecule has 2 atom stereocenters. The van der Waals surface area contributed by atoms with E-state index in [1.165, 1.54) is 0 Å². The number of unbranched alkanes of at least 4 members (excludes halogenated alkanes) is 2. The SMILES string of the molecule is NCCCCCC(=O)NCC1CCC(O)C1. The maximum atomic E-state index is 11.4. The number of carbonyl (C=O) groups is 1. The molecule has 94 valence electrons. The molecule has 0 bridgehead atoms. The predicted octanol–water partition coefficient (Wildman–Crippen LogP) is 0.783. The zero-order valence-electron chi connectivity index (χ0n) is 9.95. The van der Waals surface area contributed by atoms with Gasteiger partial charge in [0.1, 0.15) is 0 Å². The smallest absolute Gasteiger partial charge is 0.220 e. The first-order valence-corrected chi connectivity index (χ1v) is 6.37. The van der Waals surface area contributed by atoms with E-state index < -0.39 is 0 Å². The summed E-state index contributed by atoms with van der Waals surface area (Å²) in [6, 6.07) is 0. The highest BCUT2D eigenvalue weighted by Crippen LogP contribution is 2.24. The fraction of sp³-hybridized carbons (Fsp3) is 0.917. The Balaban J connectivity index is 1.97. The Morgan fingerprint density at radius 1 is 1.31 bits per heavy atom. The van der Waals surface area contributed by atoms with Gasteiger partial charge >= 0.3 is 0 Å². The monoisotopic (exact) mass is 228 g/mol. The highest BCUT2D eigenvalue weighted by atomic mass is 16.3. The number of nitrogens with two attached hydrogens (primary N) is 1. The van der Waals surface area contributed by atoms with Crippen LogP contribution in [-0.4, -0.2) is 30.2 Å². The standard InChI is InChI=1S/C12H24N2O2/c13-7-3-1-2-4-12(16)14-9-10-5-6-11(15)8-10/h10-11,15H,1-9,13H2,(H,14,16). The second-order valence-electron chi connectivity index (χ2n) is 4.74. The average molecular weight is 228 g/mol. The van der Waals surface area contributed by atoms with E-state index in [0.29, 0.717) is 18.9 Å². The van der Waals surface area contributed by atoms with Crippen molar-refractivity contribution in [2.45, 2.75) is 51.0 Å². The number of hydrogen-bond donors (Lipinski definition) is 3. The van der Waals surface area contributed by atoms with Gasteiger partial charge in [-0.1, -0.05) is 6.42 Å². The highest BCUT2D eigenvalue weighted by molar-refractivity contribution is 5.75. The Bertz CT molecular complexity index is 209. The van der Waals surface area contributed by atoms with Gasteiger partial charge in [0.05, 0.1) is 6.10 Å². The number of aliphatic hydroxyl groups is 1. The molecule has 0 aromatic carbocycles. The summed E-state index contributed by atoms with van der Waals surface area (Å²) in [7, 11) is 0. The van der Waals surface area contributed by atoms with Crippen LogP contribution in [0.1, 0.15) is 44.9 Å². The number of amides is 1. The first kappa shape index (κ1) is 13.5. The molecule has 1 amide bonds. The molecule has 0 heterocycles. The molecular formula is C12H24N2O2. The minimum atomic E-state index is -0.147. The summed E-state index contributed by atoms with van der Waals surface area (Å²) < 4.78 is 0. The molecule has 1 aliphatic rings. The molecule has 2 unspecified atom stereocenters. The van der Waals surface area contributed by atoms with Crippen LogP contribution in [0.15, 0.2) is 0 Å². The van der Waals surface area contributed by atoms with E-state index in [0.717, 1.165) is 45.1 Å². The van der Waals surface area contributed by atoms with Crippen LogP contribution in [0.3, 0.4) is 0 Å². The number of aliphatic hydroxyl groups excluding tert-OH is 1. The Morgan fingerprint density at radius 2 is 2.12 bits per heavy atom. The molecule has 0 radical (unpaired) electrons. The molecule has 4 N–H and O–H groups in total. The quantitative estimate of drug-likeness (QED) is 0.564. The van der Waals surface area contributed by atoms with Crippen molar-refractivity contribution in [1.82, 2.24) is 5.32 Å². The second kappa shape index (κ2) is 7.63. The Labute approximate surface area is 97.6 Å². The summed E-state index contributed by atoms with van der Waals surface area (Å²) >= 11 is 0. The van der Waals surface area contributed by atoms with E-state index in [9.17, 15) is 9.90 Å². The molecule has 0 aliphatic heterocycles. The lowest BCUT2D eigenvalue weighted by Crippen LogP contribution is -2.28. The number of nitrogens with one attached hydrogen (secondary N) is 1. The van der Waals surface area contributed by atoms with Crippen molar-refractivity contribution in [3.8, 4) is 0 Å². The number of rotatable bonds is 7. The molecule has 0 aromatic heterocycles. The molecule has 0 saturated heterocycles. The van der Waals surface area contributed by atoms with Gasteiger partial charge in [-0.2, -0.15) is 0 Å². The third-order valence-electron chi connectivity index (χ3n) is 3.21. The van der Waals surface area contributed by atoms with Gasteiger partial charge in [-0.15, -0.1) is 0 Å². The minimum absolute atomic E-state index is 0.137. The minimum Gasteiger partial charge on any atom is -0.393 e. The van der Waals surface area contributed by atoms with E-state index in [1.54, 1.807) is 0 Å². The molecule has 4 nitrogen and oxygen atoms in total. The summed E-state index contributed by atoms with van der Waals surface area (Å²) in [5.41, 5.74) is 5.38.